The molecular formula is C21H19ClF3N3O3. The lowest BCUT2D eigenvalue weighted by atomic mass is 10.2. The second-order valence-corrected chi connectivity index (χ2v) is 7.45. The van der Waals surface area contributed by atoms with Crippen LogP contribution in [-0.4, -0.2) is 28.2 Å². The number of carbonyl (C=O) groups is 1. The van der Waals surface area contributed by atoms with E-state index in [0.29, 0.717) is 16.4 Å². The number of hydrogen-bond donors (Lipinski definition) is 1. The number of aromatic nitrogens is 2. The van der Waals surface area contributed by atoms with Gasteiger partial charge in [0.15, 0.2) is 6.10 Å². The molecule has 0 radical (unpaired) electrons. The van der Waals surface area contributed by atoms with Gasteiger partial charge in [0.05, 0.1) is 12.0 Å². The van der Waals surface area contributed by atoms with Crippen molar-refractivity contribution in [3.63, 3.8) is 0 Å². The Kier molecular flexibility index (Phi) is 6.84. The summed E-state index contributed by atoms with van der Waals surface area (Å²) in [6.45, 7) is 3.55. The van der Waals surface area contributed by atoms with Crippen LogP contribution in [0.15, 0.2) is 53.1 Å². The molecule has 0 saturated heterocycles. The molecule has 0 bridgehead atoms. The minimum atomic E-state index is -4.46. The fourth-order valence-electron chi connectivity index (χ4n) is 2.66. The zero-order valence-corrected chi connectivity index (χ0v) is 17.4. The predicted octanol–water partition coefficient (Wildman–Crippen LogP) is 4.92. The Morgan fingerprint density at radius 2 is 1.77 bits per heavy atom. The SMILES string of the molecule is CC(C)NC(=O)C(Cc1nc(-c2ccc(Cl)cc2)no1)Oc1ccc(C(F)(F)F)cc1. The standard InChI is InChI=1S/C21H19ClF3N3O3/c1-12(2)26-20(29)17(30-16-9-5-14(6-10-16)21(23,24)25)11-18-27-19(28-31-18)13-3-7-15(22)8-4-13/h3-10,12,17H,11H2,1-2H3,(H,26,29). The van der Waals surface area contributed by atoms with Gasteiger partial charge in [0.2, 0.25) is 11.7 Å². The lowest BCUT2D eigenvalue weighted by Gasteiger charge is -2.19. The molecular weight excluding hydrogens is 435 g/mol. The van der Waals surface area contributed by atoms with Crippen molar-refractivity contribution in [3.05, 3.63) is 65.0 Å². The highest BCUT2D eigenvalue weighted by Gasteiger charge is 2.30. The molecule has 0 aliphatic carbocycles. The Morgan fingerprint density at radius 1 is 1.13 bits per heavy atom. The van der Waals surface area contributed by atoms with Gasteiger partial charge in [-0.15, -0.1) is 0 Å². The first-order chi connectivity index (χ1) is 14.6. The third-order valence-electron chi connectivity index (χ3n) is 4.11. The summed E-state index contributed by atoms with van der Waals surface area (Å²) in [5, 5.41) is 7.17. The Balaban J connectivity index is 1.78. The van der Waals surface area contributed by atoms with Crippen LogP contribution in [0.2, 0.25) is 5.02 Å². The third kappa shape index (κ3) is 6.21. The summed E-state index contributed by atoms with van der Waals surface area (Å²) in [6, 6.07) is 10.7. The lowest BCUT2D eigenvalue weighted by molar-refractivity contribution is -0.137. The fraction of sp³-hybridized carbons (Fsp3) is 0.286. The minimum absolute atomic E-state index is 0.0693. The zero-order chi connectivity index (χ0) is 22.6. The Bertz CT molecular complexity index is 1020. The van der Waals surface area contributed by atoms with Crippen molar-refractivity contribution < 1.29 is 27.2 Å². The first-order valence-corrected chi connectivity index (χ1v) is 9.72. The van der Waals surface area contributed by atoms with Crippen LogP contribution in [0.1, 0.15) is 25.3 Å². The maximum atomic E-state index is 12.8. The van der Waals surface area contributed by atoms with Gasteiger partial charge in [-0.1, -0.05) is 16.8 Å². The number of nitrogens with zero attached hydrogens (tertiary/aromatic N) is 2. The highest BCUT2D eigenvalue weighted by molar-refractivity contribution is 6.30. The van der Waals surface area contributed by atoms with Crippen LogP contribution >= 0.6 is 11.6 Å². The zero-order valence-electron chi connectivity index (χ0n) is 16.6. The number of benzene rings is 2. The van der Waals surface area contributed by atoms with Crippen molar-refractivity contribution in [3.8, 4) is 17.1 Å². The fourth-order valence-corrected chi connectivity index (χ4v) is 2.79. The van der Waals surface area contributed by atoms with E-state index in [2.05, 4.69) is 15.5 Å². The Morgan fingerprint density at radius 3 is 2.35 bits per heavy atom. The first-order valence-electron chi connectivity index (χ1n) is 9.34. The second-order valence-electron chi connectivity index (χ2n) is 7.01. The molecule has 0 aliphatic rings. The first kappa shape index (κ1) is 22.6. The van der Waals surface area contributed by atoms with E-state index < -0.39 is 23.8 Å². The summed E-state index contributed by atoms with van der Waals surface area (Å²) >= 11 is 5.87. The van der Waals surface area contributed by atoms with Crippen molar-refractivity contribution in [2.75, 3.05) is 0 Å². The monoisotopic (exact) mass is 453 g/mol. The van der Waals surface area contributed by atoms with E-state index in [1.165, 1.54) is 0 Å². The predicted molar refractivity (Wildman–Crippen MR) is 108 cm³/mol. The van der Waals surface area contributed by atoms with Gasteiger partial charge in [-0.2, -0.15) is 18.2 Å². The molecule has 0 saturated carbocycles. The van der Waals surface area contributed by atoms with Crippen molar-refractivity contribution in [1.82, 2.24) is 15.5 Å². The van der Waals surface area contributed by atoms with E-state index >= 15 is 0 Å². The van der Waals surface area contributed by atoms with Gasteiger partial charge in [-0.3, -0.25) is 4.79 Å². The van der Waals surface area contributed by atoms with Gasteiger partial charge >= 0.3 is 6.18 Å². The molecule has 0 fully saturated rings. The van der Waals surface area contributed by atoms with Gasteiger partial charge < -0.3 is 14.6 Å². The van der Waals surface area contributed by atoms with Gasteiger partial charge in [-0.05, 0) is 62.4 Å². The van der Waals surface area contributed by atoms with Crippen LogP contribution in [0.4, 0.5) is 13.2 Å². The molecule has 2 aromatic carbocycles. The van der Waals surface area contributed by atoms with Crippen LogP contribution in [0, 0.1) is 0 Å². The molecule has 164 valence electrons. The molecule has 3 rings (SSSR count). The lowest BCUT2D eigenvalue weighted by Crippen LogP contribution is -2.43. The summed E-state index contributed by atoms with van der Waals surface area (Å²) in [5.74, 6) is 0.0977. The van der Waals surface area contributed by atoms with Gasteiger partial charge in [0.1, 0.15) is 5.75 Å². The molecule has 0 aliphatic heterocycles. The number of rotatable bonds is 7. The molecule has 10 heteroatoms. The van der Waals surface area contributed by atoms with Crippen LogP contribution in [0.3, 0.4) is 0 Å². The molecule has 1 unspecified atom stereocenters. The number of amides is 1. The summed E-state index contributed by atoms with van der Waals surface area (Å²) in [4.78, 5) is 16.9. The van der Waals surface area contributed by atoms with Crippen molar-refractivity contribution in [2.45, 2.75) is 38.6 Å². The molecule has 3 aromatic rings. The number of alkyl halides is 3. The molecule has 1 aromatic heterocycles. The largest absolute Gasteiger partial charge is 0.480 e. The van der Waals surface area contributed by atoms with Crippen molar-refractivity contribution >= 4 is 17.5 Å². The third-order valence-corrected chi connectivity index (χ3v) is 4.37. The quantitative estimate of drug-likeness (QED) is 0.549. The van der Waals surface area contributed by atoms with Crippen LogP contribution in [0.25, 0.3) is 11.4 Å². The highest BCUT2D eigenvalue weighted by atomic mass is 35.5. The summed E-state index contributed by atoms with van der Waals surface area (Å²) in [7, 11) is 0. The van der Waals surface area contributed by atoms with Crippen molar-refractivity contribution in [1.29, 1.82) is 0 Å². The van der Waals surface area contributed by atoms with E-state index in [-0.39, 0.29) is 24.1 Å². The number of nitrogens with one attached hydrogen (secondary N) is 1. The number of carbonyl (C=O) groups excluding carboxylic acids is 1. The van der Waals surface area contributed by atoms with Crippen LogP contribution < -0.4 is 10.1 Å². The number of ether oxygens (including phenoxy) is 1. The number of hydrogen-bond acceptors (Lipinski definition) is 5. The van der Waals surface area contributed by atoms with Crippen LogP contribution in [0.5, 0.6) is 5.75 Å². The maximum Gasteiger partial charge on any atom is 0.416 e. The van der Waals surface area contributed by atoms with E-state index in [4.69, 9.17) is 20.9 Å². The normalized spacial score (nSPS) is 12.6. The molecule has 0 spiro atoms. The van der Waals surface area contributed by atoms with E-state index in [1.54, 1.807) is 38.1 Å². The average molecular weight is 454 g/mol. The van der Waals surface area contributed by atoms with E-state index in [0.717, 1.165) is 24.3 Å². The summed E-state index contributed by atoms with van der Waals surface area (Å²) < 4.78 is 49.2. The van der Waals surface area contributed by atoms with Gasteiger partial charge in [0, 0.05) is 16.6 Å². The van der Waals surface area contributed by atoms with E-state index in [9.17, 15) is 18.0 Å². The smallest absolute Gasteiger partial charge is 0.416 e. The summed E-state index contributed by atoms with van der Waals surface area (Å²) in [5.41, 5.74) is -0.140. The highest BCUT2D eigenvalue weighted by Crippen LogP contribution is 2.30. The topological polar surface area (TPSA) is 77.3 Å². The molecule has 1 atom stereocenters. The molecule has 31 heavy (non-hydrogen) atoms. The molecule has 1 amide bonds. The summed E-state index contributed by atoms with van der Waals surface area (Å²) in [6.07, 6.45) is -5.62. The van der Waals surface area contributed by atoms with E-state index in [1.807, 2.05) is 0 Å². The molecule has 1 heterocycles. The molecule has 1 N–H and O–H groups in total. The molecule has 6 nitrogen and oxygen atoms in total. The average Bonchev–Trinajstić information content (AvgIpc) is 3.16. The second kappa shape index (κ2) is 9.38. The van der Waals surface area contributed by atoms with Crippen molar-refractivity contribution in [2.24, 2.45) is 0 Å². The van der Waals surface area contributed by atoms with Crippen LogP contribution in [-0.2, 0) is 17.4 Å². The Hall–Kier alpha value is -3.07. The van der Waals surface area contributed by atoms with Gasteiger partial charge in [0.25, 0.3) is 5.91 Å². The maximum absolute atomic E-state index is 12.8. The Labute approximate surface area is 181 Å². The number of halogens is 4. The van der Waals surface area contributed by atoms with Gasteiger partial charge in [-0.25, -0.2) is 0 Å². The minimum Gasteiger partial charge on any atom is -0.480 e.